The van der Waals surface area contributed by atoms with E-state index in [1.54, 1.807) is 6.92 Å². The Balaban J connectivity index is 1.55. The van der Waals surface area contributed by atoms with Crippen LogP contribution in [0.25, 0.3) is 11.5 Å². The molecule has 2 aromatic heterocycles. The number of aryl methyl sites for hydroxylation is 2. The molecule has 3 rings (SSSR count). The highest BCUT2D eigenvalue weighted by Crippen LogP contribution is 2.33. The van der Waals surface area contributed by atoms with Crippen LogP contribution in [0.1, 0.15) is 39.7 Å². The lowest BCUT2D eigenvalue weighted by Crippen LogP contribution is -2.15. The molecular formula is C21H23N3O4S2. The number of thioether (sulfide) groups is 1. The van der Waals surface area contributed by atoms with Crippen molar-refractivity contribution in [1.29, 1.82) is 0 Å². The maximum Gasteiger partial charge on any atom is 0.341 e. The van der Waals surface area contributed by atoms with Crippen molar-refractivity contribution in [3.63, 3.8) is 0 Å². The molecule has 0 aliphatic heterocycles. The average Bonchev–Trinajstić information content (AvgIpc) is 3.27. The Morgan fingerprint density at radius 3 is 2.60 bits per heavy atom. The summed E-state index contributed by atoms with van der Waals surface area (Å²) < 4.78 is 10.8. The Morgan fingerprint density at radius 1 is 1.17 bits per heavy atom. The third-order valence-electron chi connectivity index (χ3n) is 4.38. The van der Waals surface area contributed by atoms with Crippen molar-refractivity contribution in [3.8, 4) is 11.5 Å². The number of hydrogen-bond donors (Lipinski definition) is 1. The predicted molar refractivity (Wildman–Crippen MR) is 118 cm³/mol. The highest BCUT2D eigenvalue weighted by Gasteiger charge is 2.22. The third kappa shape index (κ3) is 5.28. The van der Waals surface area contributed by atoms with Crippen LogP contribution in [0.15, 0.2) is 33.9 Å². The lowest BCUT2D eigenvalue weighted by Gasteiger charge is -2.06. The molecule has 2 heterocycles. The number of nitrogens with zero attached hydrogens (tertiary/aromatic N) is 2. The molecule has 0 atom stereocenters. The van der Waals surface area contributed by atoms with Gasteiger partial charge in [-0.15, -0.1) is 21.5 Å². The lowest BCUT2D eigenvalue weighted by atomic mass is 10.1. The molecule has 0 unspecified atom stereocenters. The maximum atomic E-state index is 12.4. The van der Waals surface area contributed by atoms with E-state index in [0.717, 1.165) is 21.6 Å². The van der Waals surface area contributed by atoms with Gasteiger partial charge in [0.1, 0.15) is 5.00 Å². The molecule has 1 N–H and O–H groups in total. The Morgan fingerprint density at radius 2 is 1.90 bits per heavy atom. The molecule has 158 valence electrons. The first-order valence-corrected chi connectivity index (χ1v) is 11.3. The monoisotopic (exact) mass is 445 g/mol. The van der Waals surface area contributed by atoms with Gasteiger partial charge in [0.25, 0.3) is 5.22 Å². The average molecular weight is 446 g/mol. The van der Waals surface area contributed by atoms with Gasteiger partial charge in [-0.25, -0.2) is 4.79 Å². The van der Waals surface area contributed by atoms with E-state index >= 15 is 0 Å². The van der Waals surface area contributed by atoms with Gasteiger partial charge in [-0.1, -0.05) is 29.5 Å². The van der Waals surface area contributed by atoms with Crippen LogP contribution in [-0.2, 0) is 9.53 Å². The molecule has 1 amide bonds. The van der Waals surface area contributed by atoms with Crippen LogP contribution in [0.5, 0.6) is 0 Å². The van der Waals surface area contributed by atoms with Gasteiger partial charge in [-0.2, -0.15) is 0 Å². The molecule has 0 fully saturated rings. The maximum absolute atomic E-state index is 12.4. The van der Waals surface area contributed by atoms with Crippen molar-refractivity contribution in [1.82, 2.24) is 10.2 Å². The number of carbonyl (C=O) groups excluding carboxylic acids is 2. The number of nitrogens with one attached hydrogen (secondary N) is 1. The van der Waals surface area contributed by atoms with E-state index in [1.165, 1.54) is 23.1 Å². The first-order chi connectivity index (χ1) is 14.4. The van der Waals surface area contributed by atoms with Crippen LogP contribution < -0.4 is 5.32 Å². The smallest absolute Gasteiger partial charge is 0.341 e. The molecule has 0 aliphatic rings. The summed E-state index contributed by atoms with van der Waals surface area (Å²) in [6, 6.07) is 7.82. The lowest BCUT2D eigenvalue weighted by molar-refractivity contribution is -0.115. The minimum Gasteiger partial charge on any atom is -0.462 e. The SMILES string of the molecule is CCOC(=O)c1c(NC(=O)CCSc2nnc(-c3ccc(C)cc3)o2)sc(C)c1C. The number of anilines is 1. The van der Waals surface area contributed by atoms with E-state index in [0.29, 0.717) is 27.4 Å². The number of carbonyl (C=O) groups is 2. The number of rotatable bonds is 8. The van der Waals surface area contributed by atoms with Crippen molar-refractivity contribution in [2.24, 2.45) is 0 Å². The zero-order valence-corrected chi connectivity index (χ0v) is 18.9. The molecule has 0 saturated heterocycles. The normalized spacial score (nSPS) is 10.8. The van der Waals surface area contributed by atoms with E-state index in [1.807, 2.05) is 45.0 Å². The molecule has 7 nitrogen and oxygen atoms in total. The van der Waals surface area contributed by atoms with Crippen molar-refractivity contribution in [2.45, 2.75) is 39.3 Å². The van der Waals surface area contributed by atoms with Crippen LogP contribution in [0, 0.1) is 20.8 Å². The molecule has 0 bridgehead atoms. The predicted octanol–water partition coefficient (Wildman–Crippen LogP) is 5.02. The molecule has 0 saturated carbocycles. The zero-order chi connectivity index (χ0) is 21.7. The number of aromatic nitrogens is 2. The van der Waals surface area contributed by atoms with E-state index in [-0.39, 0.29) is 18.9 Å². The first kappa shape index (κ1) is 22.0. The summed E-state index contributed by atoms with van der Waals surface area (Å²) in [6.07, 6.45) is 0.241. The molecule has 0 spiro atoms. The van der Waals surface area contributed by atoms with Crippen LogP contribution in [0.2, 0.25) is 0 Å². The molecule has 3 aromatic rings. The number of amides is 1. The van der Waals surface area contributed by atoms with E-state index in [9.17, 15) is 9.59 Å². The third-order valence-corrected chi connectivity index (χ3v) is 6.32. The standard InChI is InChI=1S/C21H23N3O4S2/c1-5-27-20(26)17-13(3)14(4)30-19(17)22-16(25)10-11-29-21-24-23-18(28-21)15-8-6-12(2)7-9-15/h6-9H,5,10-11H2,1-4H3,(H,22,25). The molecule has 0 radical (unpaired) electrons. The van der Waals surface area contributed by atoms with Crippen molar-refractivity contribution in [3.05, 3.63) is 45.8 Å². The second-order valence-corrected chi connectivity index (χ2v) is 8.86. The Hall–Kier alpha value is -2.65. The largest absolute Gasteiger partial charge is 0.462 e. The van der Waals surface area contributed by atoms with Gasteiger partial charge in [0.15, 0.2) is 0 Å². The molecule has 0 aliphatic carbocycles. The Labute approximate surface area is 183 Å². The molecule has 1 aromatic carbocycles. The van der Waals surface area contributed by atoms with E-state index in [4.69, 9.17) is 9.15 Å². The van der Waals surface area contributed by atoms with Gasteiger partial charge in [0, 0.05) is 22.6 Å². The number of esters is 1. The highest BCUT2D eigenvalue weighted by atomic mass is 32.2. The fourth-order valence-corrected chi connectivity index (χ4v) is 4.43. The second kappa shape index (κ2) is 9.90. The van der Waals surface area contributed by atoms with E-state index in [2.05, 4.69) is 15.5 Å². The number of thiophene rings is 1. The molecular weight excluding hydrogens is 422 g/mol. The Bertz CT molecular complexity index is 1040. The van der Waals surface area contributed by atoms with Gasteiger partial charge in [0.05, 0.1) is 12.2 Å². The van der Waals surface area contributed by atoms with Gasteiger partial charge >= 0.3 is 5.97 Å². The van der Waals surface area contributed by atoms with Crippen LogP contribution in [0.4, 0.5) is 5.00 Å². The summed E-state index contributed by atoms with van der Waals surface area (Å²) >= 11 is 2.69. The van der Waals surface area contributed by atoms with Gasteiger partial charge in [0.2, 0.25) is 11.8 Å². The summed E-state index contributed by atoms with van der Waals surface area (Å²) in [5, 5.41) is 11.8. The summed E-state index contributed by atoms with van der Waals surface area (Å²) in [4.78, 5) is 25.6. The highest BCUT2D eigenvalue weighted by molar-refractivity contribution is 7.99. The fraction of sp³-hybridized carbons (Fsp3) is 0.333. The first-order valence-electron chi connectivity index (χ1n) is 9.49. The number of hydrogen-bond acceptors (Lipinski definition) is 8. The van der Waals surface area contributed by atoms with Crippen molar-refractivity contribution in [2.75, 3.05) is 17.7 Å². The quantitative estimate of drug-likeness (QED) is 0.384. The summed E-state index contributed by atoms with van der Waals surface area (Å²) in [7, 11) is 0. The molecule has 9 heteroatoms. The molecule has 30 heavy (non-hydrogen) atoms. The van der Waals surface area contributed by atoms with Crippen LogP contribution in [-0.4, -0.2) is 34.4 Å². The topological polar surface area (TPSA) is 94.3 Å². The summed E-state index contributed by atoms with van der Waals surface area (Å²) in [5.41, 5.74) is 3.27. The minimum absolute atomic E-state index is 0.187. The van der Waals surface area contributed by atoms with Gasteiger partial charge < -0.3 is 14.5 Å². The minimum atomic E-state index is -0.418. The van der Waals surface area contributed by atoms with Crippen LogP contribution in [0.3, 0.4) is 0 Å². The summed E-state index contributed by atoms with van der Waals surface area (Å²) in [5.74, 6) is 0.316. The van der Waals surface area contributed by atoms with Gasteiger partial charge in [-0.3, -0.25) is 4.79 Å². The number of benzene rings is 1. The zero-order valence-electron chi connectivity index (χ0n) is 17.3. The van der Waals surface area contributed by atoms with Gasteiger partial charge in [-0.05, 0) is 45.4 Å². The van der Waals surface area contributed by atoms with Crippen molar-refractivity contribution >= 4 is 40.0 Å². The Kier molecular flexibility index (Phi) is 7.28. The summed E-state index contributed by atoms with van der Waals surface area (Å²) in [6.45, 7) is 7.81. The van der Waals surface area contributed by atoms with Crippen LogP contribution >= 0.6 is 23.1 Å². The second-order valence-electron chi connectivity index (χ2n) is 6.59. The fourth-order valence-electron chi connectivity index (χ4n) is 2.67. The van der Waals surface area contributed by atoms with E-state index < -0.39 is 5.97 Å². The number of ether oxygens (including phenoxy) is 1. The van der Waals surface area contributed by atoms with Crippen molar-refractivity contribution < 1.29 is 18.7 Å².